The molecule has 0 radical (unpaired) electrons. The minimum absolute atomic E-state index is 0.0348. The monoisotopic (exact) mass is 225 g/mol. The molecule has 1 aromatic rings. The number of ether oxygens (including phenoxy) is 1. The fourth-order valence-corrected chi connectivity index (χ4v) is 1.55. The van der Waals surface area contributed by atoms with Crippen molar-refractivity contribution < 1.29 is 13.9 Å². The van der Waals surface area contributed by atoms with Crippen LogP contribution < -0.4 is 5.32 Å². The topological polar surface area (TPSA) is 51.5 Å². The first-order valence-corrected chi connectivity index (χ1v) is 5.43. The van der Waals surface area contributed by atoms with Gasteiger partial charge in [0.25, 0.3) is 0 Å². The zero-order valence-corrected chi connectivity index (χ0v) is 10.2. The lowest BCUT2D eigenvalue weighted by Crippen LogP contribution is -2.38. The number of furan rings is 1. The predicted octanol–water partition coefficient (Wildman–Crippen LogP) is 2.13. The van der Waals surface area contributed by atoms with Crippen molar-refractivity contribution in [2.75, 3.05) is 7.11 Å². The summed E-state index contributed by atoms with van der Waals surface area (Å²) in [5, 5.41) is 3.30. The number of esters is 1. The predicted molar refractivity (Wildman–Crippen MR) is 60.9 cm³/mol. The maximum absolute atomic E-state index is 11.3. The van der Waals surface area contributed by atoms with E-state index >= 15 is 0 Å². The van der Waals surface area contributed by atoms with Crippen LogP contribution in [0.4, 0.5) is 0 Å². The van der Waals surface area contributed by atoms with Gasteiger partial charge in [-0.1, -0.05) is 6.92 Å². The van der Waals surface area contributed by atoms with Gasteiger partial charge in [0, 0.05) is 6.04 Å². The molecule has 1 rings (SSSR count). The van der Waals surface area contributed by atoms with E-state index in [9.17, 15) is 4.79 Å². The Labute approximate surface area is 96.0 Å². The molecule has 0 aliphatic carbocycles. The molecule has 4 nitrogen and oxygen atoms in total. The molecule has 3 atom stereocenters. The van der Waals surface area contributed by atoms with E-state index in [1.54, 1.807) is 6.26 Å². The normalized spacial score (nSPS) is 16.5. The highest BCUT2D eigenvalue weighted by molar-refractivity contribution is 5.72. The summed E-state index contributed by atoms with van der Waals surface area (Å²) in [4.78, 5) is 11.3. The van der Waals surface area contributed by atoms with Crippen LogP contribution in [0, 0.1) is 5.92 Å². The third-order valence-electron chi connectivity index (χ3n) is 2.81. The van der Waals surface area contributed by atoms with Gasteiger partial charge in [-0.05, 0) is 26.0 Å². The Balaban J connectivity index is 2.51. The molecule has 2 unspecified atom stereocenters. The highest BCUT2D eigenvalue weighted by Gasteiger charge is 2.22. The standard InChI is InChI=1S/C12H19NO3/c1-8(12(14)15-4)9(2)13-10(3)11-6-5-7-16-11/h5-10,13H,1-4H3/t8?,9?,10-/m0/s1. The third-order valence-corrected chi connectivity index (χ3v) is 2.81. The zero-order valence-electron chi connectivity index (χ0n) is 10.2. The Hall–Kier alpha value is -1.29. The lowest BCUT2D eigenvalue weighted by molar-refractivity contribution is -0.145. The summed E-state index contributed by atoms with van der Waals surface area (Å²) in [6.07, 6.45) is 1.64. The third kappa shape index (κ3) is 3.10. The summed E-state index contributed by atoms with van der Waals surface area (Å²) in [5.74, 6) is 0.484. The maximum atomic E-state index is 11.3. The first kappa shape index (κ1) is 12.8. The van der Waals surface area contributed by atoms with Crippen LogP contribution in [-0.4, -0.2) is 19.1 Å². The lowest BCUT2D eigenvalue weighted by Gasteiger charge is -2.22. The molecular weight excluding hydrogens is 206 g/mol. The summed E-state index contributed by atoms with van der Waals surface area (Å²) in [7, 11) is 1.40. The lowest BCUT2D eigenvalue weighted by atomic mass is 10.0. The number of carbonyl (C=O) groups excluding carboxylic acids is 1. The Morgan fingerprint density at radius 2 is 2.12 bits per heavy atom. The molecule has 1 N–H and O–H groups in total. The van der Waals surface area contributed by atoms with Gasteiger partial charge >= 0.3 is 5.97 Å². The van der Waals surface area contributed by atoms with Crippen molar-refractivity contribution in [1.82, 2.24) is 5.32 Å². The van der Waals surface area contributed by atoms with Crippen LogP contribution >= 0.6 is 0 Å². The Kier molecular flexibility index (Phi) is 4.55. The van der Waals surface area contributed by atoms with Gasteiger partial charge in [0.2, 0.25) is 0 Å². The molecule has 0 amide bonds. The molecule has 0 saturated carbocycles. The molecule has 0 aliphatic rings. The fourth-order valence-electron chi connectivity index (χ4n) is 1.55. The number of hydrogen-bond donors (Lipinski definition) is 1. The smallest absolute Gasteiger partial charge is 0.309 e. The van der Waals surface area contributed by atoms with Crippen LogP contribution in [0.25, 0.3) is 0 Å². The van der Waals surface area contributed by atoms with E-state index in [0.29, 0.717) is 0 Å². The van der Waals surface area contributed by atoms with Crippen molar-refractivity contribution in [3.63, 3.8) is 0 Å². The highest BCUT2D eigenvalue weighted by Crippen LogP contribution is 2.15. The van der Waals surface area contributed by atoms with Gasteiger partial charge in [0.05, 0.1) is 25.3 Å². The maximum Gasteiger partial charge on any atom is 0.309 e. The second-order valence-electron chi connectivity index (χ2n) is 4.00. The molecule has 0 bridgehead atoms. The van der Waals surface area contributed by atoms with Gasteiger partial charge in [-0.15, -0.1) is 0 Å². The molecule has 1 aromatic heterocycles. The minimum atomic E-state index is -0.202. The summed E-state index contributed by atoms with van der Waals surface area (Å²) in [6.45, 7) is 5.80. The average molecular weight is 225 g/mol. The van der Waals surface area contributed by atoms with Crippen molar-refractivity contribution in [3.8, 4) is 0 Å². The van der Waals surface area contributed by atoms with Crippen LogP contribution in [-0.2, 0) is 9.53 Å². The van der Waals surface area contributed by atoms with Gasteiger partial charge in [-0.2, -0.15) is 0 Å². The quantitative estimate of drug-likeness (QED) is 0.780. The van der Waals surface area contributed by atoms with Crippen LogP contribution in [0.2, 0.25) is 0 Å². The van der Waals surface area contributed by atoms with E-state index in [-0.39, 0.29) is 24.0 Å². The molecule has 0 fully saturated rings. The van der Waals surface area contributed by atoms with Crippen molar-refractivity contribution >= 4 is 5.97 Å². The first-order valence-electron chi connectivity index (χ1n) is 5.43. The summed E-state index contributed by atoms with van der Waals surface area (Å²) in [5.41, 5.74) is 0. The molecule has 0 saturated heterocycles. The van der Waals surface area contributed by atoms with Crippen molar-refractivity contribution in [3.05, 3.63) is 24.2 Å². The first-order chi connectivity index (χ1) is 7.56. The van der Waals surface area contributed by atoms with Crippen LogP contribution in [0.3, 0.4) is 0 Å². The number of rotatable bonds is 5. The summed E-state index contributed by atoms with van der Waals surface area (Å²) in [6, 6.07) is 3.87. The van der Waals surface area contributed by atoms with Gasteiger partial charge in [-0.25, -0.2) is 0 Å². The number of carbonyl (C=O) groups is 1. The highest BCUT2D eigenvalue weighted by atomic mass is 16.5. The van der Waals surface area contributed by atoms with E-state index in [2.05, 4.69) is 5.32 Å². The van der Waals surface area contributed by atoms with Crippen molar-refractivity contribution in [2.24, 2.45) is 5.92 Å². The largest absolute Gasteiger partial charge is 0.469 e. The Morgan fingerprint density at radius 1 is 1.44 bits per heavy atom. The number of hydrogen-bond acceptors (Lipinski definition) is 4. The van der Waals surface area contributed by atoms with Crippen LogP contribution in [0.15, 0.2) is 22.8 Å². The minimum Gasteiger partial charge on any atom is -0.469 e. The van der Waals surface area contributed by atoms with E-state index < -0.39 is 0 Å². The zero-order chi connectivity index (χ0) is 12.1. The average Bonchev–Trinajstić information content (AvgIpc) is 2.80. The summed E-state index contributed by atoms with van der Waals surface area (Å²) < 4.78 is 9.99. The molecule has 16 heavy (non-hydrogen) atoms. The Bertz CT molecular complexity index is 321. The van der Waals surface area contributed by atoms with E-state index in [0.717, 1.165) is 5.76 Å². The van der Waals surface area contributed by atoms with Crippen molar-refractivity contribution in [1.29, 1.82) is 0 Å². The van der Waals surface area contributed by atoms with E-state index in [4.69, 9.17) is 9.15 Å². The molecule has 0 spiro atoms. The molecule has 90 valence electrons. The second-order valence-corrected chi connectivity index (χ2v) is 4.00. The van der Waals surface area contributed by atoms with Gasteiger partial charge in [0.1, 0.15) is 5.76 Å². The molecule has 0 aromatic carbocycles. The number of methoxy groups -OCH3 is 1. The van der Waals surface area contributed by atoms with Crippen LogP contribution in [0.5, 0.6) is 0 Å². The van der Waals surface area contributed by atoms with Gasteiger partial charge in [0.15, 0.2) is 0 Å². The SMILES string of the molecule is COC(=O)C(C)C(C)N[C@@H](C)c1ccco1. The van der Waals surface area contributed by atoms with E-state index in [1.165, 1.54) is 7.11 Å². The molecular formula is C12H19NO3. The molecule has 4 heteroatoms. The van der Waals surface area contributed by atoms with Crippen molar-refractivity contribution in [2.45, 2.75) is 32.9 Å². The Morgan fingerprint density at radius 3 is 2.62 bits per heavy atom. The second kappa shape index (κ2) is 5.70. The van der Waals surface area contributed by atoms with E-state index in [1.807, 2.05) is 32.9 Å². The fraction of sp³-hybridized carbons (Fsp3) is 0.583. The van der Waals surface area contributed by atoms with Gasteiger partial charge in [-0.3, -0.25) is 4.79 Å². The number of nitrogens with one attached hydrogen (secondary N) is 1. The van der Waals surface area contributed by atoms with Gasteiger partial charge < -0.3 is 14.5 Å². The summed E-state index contributed by atoms with van der Waals surface area (Å²) >= 11 is 0. The molecule has 1 heterocycles. The van der Waals surface area contributed by atoms with Crippen LogP contribution in [0.1, 0.15) is 32.6 Å². The molecule has 0 aliphatic heterocycles.